The number of aromatic hydroxyl groups is 1. The van der Waals surface area contributed by atoms with Gasteiger partial charge in [-0.15, -0.1) is 11.8 Å². The number of amides is 7. The summed E-state index contributed by atoms with van der Waals surface area (Å²) < 4.78 is -1.15. The van der Waals surface area contributed by atoms with Crippen molar-refractivity contribution < 1.29 is 39.0 Å². The Bertz CT molecular complexity index is 1140. The van der Waals surface area contributed by atoms with Gasteiger partial charge in [-0.05, 0) is 31.5 Å². The summed E-state index contributed by atoms with van der Waals surface area (Å²) in [6, 6.07) is 1.47. The monoisotopic (exact) mass is 520 g/mol. The number of nitrogens with zero attached hydrogens (tertiary/aromatic N) is 2. The summed E-state index contributed by atoms with van der Waals surface area (Å²) in [7, 11) is 0. The third-order valence-electron chi connectivity index (χ3n) is 6.42. The molecule has 0 spiro atoms. The molecule has 1 aromatic carbocycles. The number of urea groups is 2. The van der Waals surface area contributed by atoms with Crippen LogP contribution in [0, 0.1) is 0 Å². The van der Waals surface area contributed by atoms with Gasteiger partial charge in [-0.1, -0.05) is 12.1 Å². The number of rotatable bonds is 7. The number of phenols is 1. The molecule has 3 aliphatic heterocycles. The lowest BCUT2D eigenvalue weighted by atomic mass is 9.88. The molecule has 4 atom stereocenters. The van der Waals surface area contributed by atoms with Gasteiger partial charge in [0.15, 0.2) is 0 Å². The van der Waals surface area contributed by atoms with Crippen LogP contribution >= 0.6 is 11.8 Å². The molecule has 6 N–H and O–H groups in total. The number of thioether (sulfide) groups is 1. The minimum absolute atomic E-state index is 0.0785. The van der Waals surface area contributed by atoms with Gasteiger partial charge in [0.25, 0.3) is 5.91 Å². The highest BCUT2D eigenvalue weighted by atomic mass is 32.2. The molecule has 1 aromatic rings. The van der Waals surface area contributed by atoms with Gasteiger partial charge in [-0.2, -0.15) is 0 Å². The maximum Gasteiger partial charge on any atom is 0.352 e. The molecule has 14 nitrogen and oxygen atoms in total. The third-order valence-corrected chi connectivity index (χ3v) is 8.03. The van der Waals surface area contributed by atoms with Crippen molar-refractivity contribution in [3.8, 4) is 5.75 Å². The number of β-lactam (4-membered cyclic amide) rings is 1. The number of fused-ring (bicyclic) bond motifs is 1. The van der Waals surface area contributed by atoms with E-state index >= 15 is 0 Å². The van der Waals surface area contributed by atoms with Crippen molar-refractivity contribution in [2.24, 2.45) is 0 Å². The molecule has 15 heteroatoms. The number of carboxylic acid groups (broad SMARTS) is 1. The van der Waals surface area contributed by atoms with E-state index in [2.05, 4.69) is 21.3 Å². The molecule has 3 saturated heterocycles. The maximum absolute atomic E-state index is 13.3. The first kappa shape index (κ1) is 25.1. The van der Waals surface area contributed by atoms with Crippen LogP contribution in [-0.4, -0.2) is 91.2 Å². The lowest BCUT2D eigenvalue weighted by Gasteiger charge is -2.49. The van der Waals surface area contributed by atoms with Gasteiger partial charge in [0.05, 0.1) is 4.75 Å². The maximum atomic E-state index is 13.3. The highest BCUT2D eigenvalue weighted by Gasteiger charge is 2.73. The van der Waals surface area contributed by atoms with E-state index < -0.39 is 57.7 Å². The molecular formula is C21H24N6O8S. The molecule has 192 valence electrons. The Labute approximate surface area is 208 Å². The Morgan fingerprint density at radius 2 is 1.89 bits per heavy atom. The Kier molecular flexibility index (Phi) is 6.20. The van der Waals surface area contributed by atoms with Gasteiger partial charge >= 0.3 is 18.0 Å². The van der Waals surface area contributed by atoms with Gasteiger partial charge in [0, 0.05) is 13.1 Å². The fourth-order valence-corrected chi connectivity index (χ4v) is 6.28. The predicted molar refractivity (Wildman–Crippen MR) is 123 cm³/mol. The largest absolute Gasteiger partial charge is 0.508 e. The fourth-order valence-electron chi connectivity index (χ4n) is 4.57. The molecule has 0 aliphatic carbocycles. The standard InChI is InChI=1S/C21H24N6O8S/c1-20(2)21(17(32)33,23-9-28)27-15(31)13(16(27)36-20)24-14(30)12(10-3-5-11(29)6-4-10)25-19(35)26-8-7-22-18(26)34/h3-6,9,12-13,16,29H,7-8H2,1-2H3,(H,22,34)(H,23,28)(H,24,30)(H,25,35)(H,32,33)/t12?,13-,16+,21-/m0/s1. The van der Waals surface area contributed by atoms with Gasteiger partial charge in [-0.25, -0.2) is 19.3 Å². The zero-order chi connectivity index (χ0) is 26.4. The summed E-state index contributed by atoms with van der Waals surface area (Å²) in [5.41, 5.74) is -1.75. The van der Waals surface area contributed by atoms with Crippen molar-refractivity contribution in [3.63, 3.8) is 0 Å². The third kappa shape index (κ3) is 3.75. The summed E-state index contributed by atoms with van der Waals surface area (Å²) in [5.74, 6) is -3.02. The summed E-state index contributed by atoms with van der Waals surface area (Å²) >= 11 is 1.10. The molecule has 7 amide bonds. The average Bonchev–Trinajstić information content (AvgIpc) is 3.34. The zero-order valence-corrected chi connectivity index (χ0v) is 20.0. The van der Waals surface area contributed by atoms with Crippen LogP contribution in [0.4, 0.5) is 9.59 Å². The van der Waals surface area contributed by atoms with Crippen molar-refractivity contribution in [3.05, 3.63) is 29.8 Å². The predicted octanol–water partition coefficient (Wildman–Crippen LogP) is -1.13. The molecule has 0 bridgehead atoms. The summed E-state index contributed by atoms with van der Waals surface area (Å²) in [6.07, 6.45) is 0.211. The Morgan fingerprint density at radius 3 is 2.44 bits per heavy atom. The highest BCUT2D eigenvalue weighted by molar-refractivity contribution is 8.01. The van der Waals surface area contributed by atoms with Crippen LogP contribution in [0.5, 0.6) is 5.75 Å². The molecule has 0 saturated carbocycles. The van der Waals surface area contributed by atoms with E-state index in [0.29, 0.717) is 0 Å². The van der Waals surface area contributed by atoms with E-state index in [4.69, 9.17) is 0 Å². The van der Waals surface area contributed by atoms with Crippen molar-refractivity contribution in [1.29, 1.82) is 0 Å². The van der Waals surface area contributed by atoms with E-state index in [9.17, 15) is 39.0 Å². The highest BCUT2D eigenvalue weighted by Crippen LogP contribution is 2.55. The first-order chi connectivity index (χ1) is 16.9. The van der Waals surface area contributed by atoms with Gasteiger partial charge in [-0.3, -0.25) is 19.3 Å². The summed E-state index contributed by atoms with van der Waals surface area (Å²) in [4.78, 5) is 76.2. The Balaban J connectivity index is 1.57. The molecule has 0 radical (unpaired) electrons. The molecule has 3 heterocycles. The van der Waals surface area contributed by atoms with Crippen molar-refractivity contribution in [1.82, 2.24) is 31.1 Å². The van der Waals surface area contributed by atoms with Crippen LogP contribution < -0.4 is 21.3 Å². The molecule has 1 unspecified atom stereocenters. The van der Waals surface area contributed by atoms with Gasteiger partial charge in [0.2, 0.25) is 18.0 Å². The van der Waals surface area contributed by atoms with Crippen LogP contribution in [0.25, 0.3) is 0 Å². The number of aliphatic carboxylic acids is 1. The summed E-state index contributed by atoms with van der Waals surface area (Å²) in [6.45, 7) is 3.48. The van der Waals surface area contributed by atoms with E-state index in [1.807, 2.05) is 0 Å². The SMILES string of the molecule is CC1(C)S[C@@H]2[C@@H](NC(=O)C(NC(=O)N3CCNC3=O)c3ccc(O)cc3)C(=O)N2[C@@]1(NC=O)C(=O)O. The molecule has 0 aromatic heterocycles. The molecule has 3 aliphatic rings. The Morgan fingerprint density at radius 1 is 1.22 bits per heavy atom. The zero-order valence-electron chi connectivity index (χ0n) is 19.2. The normalized spacial score (nSPS) is 26.8. The van der Waals surface area contributed by atoms with Crippen molar-refractivity contribution in [2.45, 2.75) is 41.7 Å². The molecule has 4 rings (SSSR count). The lowest BCUT2D eigenvalue weighted by Crippen LogP contribution is -2.79. The number of carboxylic acids is 1. The number of benzene rings is 1. The number of carbonyl (C=O) groups is 6. The second kappa shape index (κ2) is 8.89. The van der Waals surface area contributed by atoms with Gasteiger partial charge < -0.3 is 31.5 Å². The van der Waals surface area contributed by atoms with Gasteiger partial charge in [0.1, 0.15) is 23.2 Å². The lowest BCUT2D eigenvalue weighted by molar-refractivity contribution is -0.175. The Hall–Kier alpha value is -4.01. The number of hydrogen-bond donors (Lipinski definition) is 6. The smallest absolute Gasteiger partial charge is 0.352 e. The van der Waals surface area contributed by atoms with E-state index in [1.165, 1.54) is 24.3 Å². The molecule has 3 fully saturated rings. The number of carbonyl (C=O) groups excluding carboxylic acids is 5. The quantitative estimate of drug-likeness (QED) is 0.190. The summed E-state index contributed by atoms with van der Waals surface area (Å²) in [5, 5.41) is 28.5. The number of phenolic OH excluding ortho intramolecular Hbond substituents is 1. The van der Waals surface area contributed by atoms with E-state index in [-0.39, 0.29) is 30.8 Å². The van der Waals surface area contributed by atoms with Crippen molar-refractivity contribution in [2.75, 3.05) is 13.1 Å². The second-order valence-electron chi connectivity index (χ2n) is 8.85. The topological polar surface area (TPSA) is 197 Å². The van der Waals surface area contributed by atoms with Crippen molar-refractivity contribution >= 4 is 48.0 Å². The number of imide groups is 1. The molecular weight excluding hydrogens is 496 g/mol. The van der Waals surface area contributed by atoms with Crippen LogP contribution in [-0.2, 0) is 19.2 Å². The van der Waals surface area contributed by atoms with E-state index in [1.54, 1.807) is 13.8 Å². The van der Waals surface area contributed by atoms with E-state index in [0.717, 1.165) is 21.6 Å². The van der Waals surface area contributed by atoms with Crippen LogP contribution in [0.15, 0.2) is 24.3 Å². The number of nitrogens with one attached hydrogen (secondary N) is 4. The minimum atomic E-state index is -2.02. The van der Waals surface area contributed by atoms with Crippen LogP contribution in [0.2, 0.25) is 0 Å². The van der Waals surface area contributed by atoms with Crippen LogP contribution in [0.3, 0.4) is 0 Å². The fraction of sp³-hybridized carbons (Fsp3) is 0.429. The number of hydrogen-bond acceptors (Lipinski definition) is 8. The first-order valence-electron chi connectivity index (χ1n) is 10.9. The average molecular weight is 521 g/mol. The molecule has 36 heavy (non-hydrogen) atoms. The second-order valence-corrected chi connectivity index (χ2v) is 10.6. The minimum Gasteiger partial charge on any atom is -0.508 e. The first-order valence-corrected chi connectivity index (χ1v) is 11.7. The van der Waals surface area contributed by atoms with Crippen LogP contribution in [0.1, 0.15) is 25.5 Å².